The second-order valence-corrected chi connectivity index (χ2v) is 1.95. The van der Waals surface area contributed by atoms with Crippen LogP contribution in [-0.2, 0) is 0 Å². The van der Waals surface area contributed by atoms with Gasteiger partial charge in [-0.15, -0.1) is 0 Å². The lowest BCUT2D eigenvalue weighted by Gasteiger charge is -1.85. The Morgan fingerprint density at radius 1 is 0.857 bits per heavy atom. The third kappa shape index (κ3) is 1.96. The van der Waals surface area contributed by atoms with Crippen molar-refractivity contribution in [3.8, 4) is 0 Å². The maximum absolute atomic E-state index is 2.24. The van der Waals surface area contributed by atoms with E-state index < -0.39 is 0 Å². The third-order valence-electron chi connectivity index (χ3n) is 1.26. The van der Waals surface area contributed by atoms with Crippen molar-refractivity contribution in [1.82, 2.24) is 0 Å². The van der Waals surface area contributed by atoms with Crippen molar-refractivity contribution in [3.63, 3.8) is 0 Å². The molecule has 0 amide bonds. The Morgan fingerprint density at radius 2 is 1.43 bits per heavy atom. The minimum absolute atomic E-state index is 1.29. The standard InChI is InChI=1S/C7H11/c1-2-4-6-7-5-3-1/h1-3H,4-7H2. The smallest absolute Gasteiger partial charge is 0.0318 e. The Hall–Kier alpha value is 0. The van der Waals surface area contributed by atoms with Crippen LogP contribution in [-0.4, -0.2) is 0 Å². The van der Waals surface area contributed by atoms with Gasteiger partial charge in [-0.25, -0.2) is 0 Å². The fourth-order valence-corrected chi connectivity index (χ4v) is 0.813. The minimum Gasteiger partial charge on any atom is -0.0530 e. The molecule has 0 spiro atoms. The van der Waals surface area contributed by atoms with Crippen LogP contribution in [0.4, 0.5) is 0 Å². The predicted molar refractivity (Wildman–Crippen MR) is 31.4 cm³/mol. The summed E-state index contributed by atoms with van der Waals surface area (Å²) in [5.74, 6) is 0. The molecule has 0 atom stereocenters. The molecule has 0 aromatic carbocycles. The van der Waals surface area contributed by atoms with Crippen LogP contribution in [0.5, 0.6) is 0 Å². The Morgan fingerprint density at radius 3 is 2.00 bits per heavy atom. The molecule has 0 N–H and O–H groups in total. The number of hydrogen-bond donors (Lipinski definition) is 0. The van der Waals surface area contributed by atoms with E-state index >= 15 is 0 Å². The zero-order valence-corrected chi connectivity index (χ0v) is 4.56. The molecule has 0 heteroatoms. The van der Waals surface area contributed by atoms with E-state index in [0.29, 0.717) is 0 Å². The van der Waals surface area contributed by atoms with Crippen LogP contribution in [0.3, 0.4) is 0 Å². The van der Waals surface area contributed by atoms with Gasteiger partial charge in [0.25, 0.3) is 0 Å². The summed E-state index contributed by atoms with van der Waals surface area (Å²) in [6.07, 6.45) is 12.0. The van der Waals surface area contributed by atoms with Gasteiger partial charge in [-0.1, -0.05) is 12.8 Å². The lowest BCUT2D eigenvalue weighted by atomic mass is 10.2. The zero-order valence-electron chi connectivity index (χ0n) is 4.56. The first kappa shape index (κ1) is 5.14. The van der Waals surface area contributed by atoms with Gasteiger partial charge in [0.15, 0.2) is 0 Å². The molecule has 1 fully saturated rings. The second-order valence-electron chi connectivity index (χ2n) is 1.95. The monoisotopic (exact) mass is 95.1 g/mol. The first-order valence-electron chi connectivity index (χ1n) is 2.98. The molecular weight excluding hydrogens is 84.1 g/mol. The lowest BCUT2D eigenvalue weighted by Crippen LogP contribution is -1.70. The highest BCUT2D eigenvalue weighted by Gasteiger charge is 1.96. The summed E-state index contributed by atoms with van der Waals surface area (Å²) < 4.78 is 0. The summed E-state index contributed by atoms with van der Waals surface area (Å²) in [5, 5.41) is 0. The molecule has 0 aromatic rings. The molecule has 3 radical (unpaired) electrons. The molecule has 0 bridgehead atoms. The van der Waals surface area contributed by atoms with Gasteiger partial charge >= 0.3 is 0 Å². The molecule has 0 aromatic heterocycles. The Labute approximate surface area is 45.9 Å². The Bertz CT molecular complexity index is 19.7. The van der Waals surface area contributed by atoms with E-state index in [2.05, 4.69) is 19.3 Å². The number of hydrogen-bond acceptors (Lipinski definition) is 0. The van der Waals surface area contributed by atoms with Crippen LogP contribution in [0.2, 0.25) is 0 Å². The van der Waals surface area contributed by atoms with Gasteiger partial charge in [-0.2, -0.15) is 0 Å². The van der Waals surface area contributed by atoms with Gasteiger partial charge in [0.2, 0.25) is 0 Å². The molecule has 7 heavy (non-hydrogen) atoms. The SMILES string of the molecule is [CH]1[CH]CCCC[CH]1. The van der Waals surface area contributed by atoms with E-state index in [-0.39, 0.29) is 0 Å². The van der Waals surface area contributed by atoms with Crippen LogP contribution in [0, 0.1) is 19.3 Å². The molecule has 39 valence electrons. The van der Waals surface area contributed by atoms with E-state index in [1.165, 1.54) is 25.7 Å². The maximum atomic E-state index is 2.24. The van der Waals surface area contributed by atoms with Crippen LogP contribution >= 0.6 is 0 Å². The quantitative estimate of drug-likeness (QED) is 0.404. The Kier molecular flexibility index (Phi) is 2.25. The van der Waals surface area contributed by atoms with Gasteiger partial charge in [-0.3, -0.25) is 0 Å². The summed E-state index contributed by atoms with van der Waals surface area (Å²) in [4.78, 5) is 0. The van der Waals surface area contributed by atoms with Gasteiger partial charge in [0.1, 0.15) is 0 Å². The number of rotatable bonds is 0. The van der Waals surface area contributed by atoms with Gasteiger partial charge in [0, 0.05) is 0 Å². The van der Waals surface area contributed by atoms with E-state index in [0.717, 1.165) is 0 Å². The Balaban J connectivity index is 2.04. The molecule has 1 rings (SSSR count). The van der Waals surface area contributed by atoms with Gasteiger partial charge < -0.3 is 0 Å². The summed E-state index contributed by atoms with van der Waals surface area (Å²) in [7, 11) is 0. The van der Waals surface area contributed by atoms with Crippen molar-refractivity contribution in [1.29, 1.82) is 0 Å². The zero-order chi connectivity index (χ0) is 4.95. The fraction of sp³-hybridized carbons (Fsp3) is 0.571. The van der Waals surface area contributed by atoms with E-state index in [1.807, 2.05) is 0 Å². The second kappa shape index (κ2) is 3.06. The largest absolute Gasteiger partial charge is 0.0530 e. The molecule has 0 saturated heterocycles. The minimum atomic E-state index is 1.29. The van der Waals surface area contributed by atoms with Gasteiger partial charge in [-0.05, 0) is 32.1 Å². The molecule has 1 aliphatic rings. The maximum Gasteiger partial charge on any atom is -0.0318 e. The third-order valence-corrected chi connectivity index (χ3v) is 1.26. The fourth-order valence-electron chi connectivity index (χ4n) is 0.813. The first-order valence-corrected chi connectivity index (χ1v) is 2.98. The summed E-state index contributed by atoms with van der Waals surface area (Å²) in [5.41, 5.74) is 0. The van der Waals surface area contributed by atoms with Crippen molar-refractivity contribution in [2.75, 3.05) is 0 Å². The van der Waals surface area contributed by atoms with Crippen LogP contribution in [0.25, 0.3) is 0 Å². The van der Waals surface area contributed by atoms with E-state index in [9.17, 15) is 0 Å². The van der Waals surface area contributed by atoms with Crippen molar-refractivity contribution >= 4 is 0 Å². The van der Waals surface area contributed by atoms with Crippen molar-refractivity contribution in [2.45, 2.75) is 25.7 Å². The molecular formula is C7H11. The first-order chi connectivity index (χ1) is 3.50. The van der Waals surface area contributed by atoms with Gasteiger partial charge in [0.05, 0.1) is 0 Å². The summed E-state index contributed by atoms with van der Waals surface area (Å²) >= 11 is 0. The van der Waals surface area contributed by atoms with Crippen molar-refractivity contribution in [3.05, 3.63) is 19.3 Å². The molecule has 0 unspecified atom stereocenters. The summed E-state index contributed by atoms with van der Waals surface area (Å²) in [6, 6.07) is 0. The van der Waals surface area contributed by atoms with Crippen LogP contribution in [0.15, 0.2) is 0 Å². The lowest BCUT2D eigenvalue weighted by molar-refractivity contribution is 0.759. The molecule has 0 nitrogen and oxygen atoms in total. The highest BCUT2D eigenvalue weighted by Crippen LogP contribution is 2.12. The van der Waals surface area contributed by atoms with E-state index in [1.54, 1.807) is 0 Å². The molecule has 0 heterocycles. The summed E-state index contributed by atoms with van der Waals surface area (Å²) in [6.45, 7) is 0. The highest BCUT2D eigenvalue weighted by atomic mass is 14.0. The van der Waals surface area contributed by atoms with Crippen LogP contribution in [0.1, 0.15) is 25.7 Å². The topological polar surface area (TPSA) is 0 Å². The average Bonchev–Trinajstić information content (AvgIpc) is 1.90. The molecule has 0 aliphatic heterocycles. The molecule has 1 aliphatic carbocycles. The van der Waals surface area contributed by atoms with E-state index in [4.69, 9.17) is 0 Å². The van der Waals surface area contributed by atoms with Crippen molar-refractivity contribution in [2.24, 2.45) is 0 Å². The normalized spacial score (nSPS) is 24.0. The average molecular weight is 95.2 g/mol. The van der Waals surface area contributed by atoms with Crippen molar-refractivity contribution < 1.29 is 0 Å². The molecule has 1 saturated carbocycles. The van der Waals surface area contributed by atoms with Crippen LogP contribution < -0.4 is 0 Å². The predicted octanol–water partition coefficient (Wildman–Crippen LogP) is 2.17. The highest BCUT2D eigenvalue weighted by molar-refractivity contribution is 4.97.